The molecule has 5 nitrogen and oxygen atoms in total. The van der Waals surface area contributed by atoms with Gasteiger partial charge in [0.25, 0.3) is 0 Å². The van der Waals surface area contributed by atoms with Crippen LogP contribution in [-0.2, 0) is 4.74 Å². The molecule has 25 heavy (non-hydrogen) atoms. The first-order valence-electron chi connectivity index (χ1n) is 8.13. The minimum atomic E-state index is -0.325. The topological polar surface area (TPSA) is 65.7 Å². The zero-order valence-corrected chi connectivity index (χ0v) is 14.5. The summed E-state index contributed by atoms with van der Waals surface area (Å²) >= 11 is 0. The zero-order valence-electron chi connectivity index (χ0n) is 14.5. The Bertz CT molecular complexity index is 759. The van der Waals surface area contributed by atoms with Crippen LogP contribution >= 0.6 is 0 Å². The summed E-state index contributed by atoms with van der Waals surface area (Å²) in [7, 11) is 1.96. The van der Waals surface area contributed by atoms with Crippen molar-refractivity contribution in [1.82, 2.24) is 0 Å². The molecule has 0 atom stereocenters. The molecule has 0 aliphatic heterocycles. The highest BCUT2D eigenvalue weighted by Crippen LogP contribution is 2.16. The van der Waals surface area contributed by atoms with Gasteiger partial charge in [0.15, 0.2) is 0 Å². The monoisotopic (exact) mass is 335 g/mol. The van der Waals surface area contributed by atoms with Gasteiger partial charge in [-0.05, 0) is 48.9 Å². The van der Waals surface area contributed by atoms with Gasteiger partial charge in [0, 0.05) is 25.5 Å². The van der Waals surface area contributed by atoms with Crippen LogP contribution in [-0.4, -0.2) is 32.4 Å². The third-order valence-corrected chi connectivity index (χ3v) is 3.63. The number of rotatable bonds is 7. The van der Waals surface area contributed by atoms with Crippen LogP contribution in [0.1, 0.15) is 29.3 Å². The minimum absolute atomic E-state index is 0.325. The Kier molecular flexibility index (Phi) is 6.73. The lowest BCUT2D eigenvalue weighted by atomic mass is 10.2. The summed E-state index contributed by atoms with van der Waals surface area (Å²) in [6.07, 6.45) is 2.28. The van der Waals surface area contributed by atoms with Crippen LogP contribution in [0.2, 0.25) is 0 Å². The molecule has 2 rings (SSSR count). The summed E-state index contributed by atoms with van der Waals surface area (Å²) in [6, 6.07) is 17.1. The number of hydrogen-bond donors (Lipinski definition) is 0. The van der Waals surface area contributed by atoms with Crippen molar-refractivity contribution in [3.05, 3.63) is 59.7 Å². The summed E-state index contributed by atoms with van der Waals surface area (Å²) in [5.74, 6) is -0.325. The highest BCUT2D eigenvalue weighted by Gasteiger charge is 2.05. The van der Waals surface area contributed by atoms with E-state index in [0.29, 0.717) is 25.1 Å². The molecule has 0 N–H and O–H groups in total. The van der Waals surface area contributed by atoms with Gasteiger partial charge in [-0.3, -0.25) is 4.99 Å². The number of carbonyl (C=O) groups excluding carboxylic acids is 1. The normalized spacial score (nSPS) is 10.4. The van der Waals surface area contributed by atoms with Crippen molar-refractivity contribution in [3.63, 3.8) is 0 Å². The fourth-order valence-electron chi connectivity index (χ4n) is 2.21. The molecule has 0 aromatic heterocycles. The molecule has 128 valence electrons. The summed E-state index contributed by atoms with van der Waals surface area (Å²) in [6.45, 7) is 2.85. The maximum Gasteiger partial charge on any atom is 0.338 e. The number of hydrogen-bond acceptors (Lipinski definition) is 5. The van der Waals surface area contributed by atoms with Crippen molar-refractivity contribution in [1.29, 1.82) is 5.26 Å². The van der Waals surface area contributed by atoms with Gasteiger partial charge >= 0.3 is 5.97 Å². The van der Waals surface area contributed by atoms with Gasteiger partial charge in [0.2, 0.25) is 0 Å². The smallest absolute Gasteiger partial charge is 0.338 e. The van der Waals surface area contributed by atoms with Crippen molar-refractivity contribution in [2.24, 2.45) is 4.99 Å². The zero-order chi connectivity index (χ0) is 18.1. The Labute approximate surface area is 148 Å². The van der Waals surface area contributed by atoms with Crippen molar-refractivity contribution in [3.8, 4) is 6.07 Å². The van der Waals surface area contributed by atoms with Gasteiger partial charge in [-0.15, -0.1) is 0 Å². The first-order valence-corrected chi connectivity index (χ1v) is 8.13. The Morgan fingerprint density at radius 1 is 1.20 bits per heavy atom. The van der Waals surface area contributed by atoms with Crippen LogP contribution in [0, 0.1) is 11.3 Å². The first-order chi connectivity index (χ1) is 12.1. The van der Waals surface area contributed by atoms with E-state index >= 15 is 0 Å². The van der Waals surface area contributed by atoms with E-state index in [-0.39, 0.29) is 5.97 Å². The molecule has 2 aromatic rings. The number of ether oxygens (including phenoxy) is 1. The fourth-order valence-corrected chi connectivity index (χ4v) is 2.21. The predicted molar refractivity (Wildman–Crippen MR) is 99.6 cm³/mol. The highest BCUT2D eigenvalue weighted by molar-refractivity contribution is 5.90. The molecule has 0 fully saturated rings. The lowest BCUT2D eigenvalue weighted by Crippen LogP contribution is -2.17. The summed E-state index contributed by atoms with van der Waals surface area (Å²) in [5, 5.41) is 8.64. The molecular weight excluding hydrogens is 314 g/mol. The van der Waals surface area contributed by atoms with E-state index in [2.05, 4.69) is 11.1 Å². The minimum Gasteiger partial charge on any atom is -0.462 e. The average Bonchev–Trinajstić information content (AvgIpc) is 2.65. The first kappa shape index (κ1) is 18.2. The lowest BCUT2D eigenvalue weighted by Gasteiger charge is -2.17. The summed E-state index contributed by atoms with van der Waals surface area (Å²) in [5.41, 5.74) is 3.33. The quantitative estimate of drug-likeness (QED) is 0.567. The second kappa shape index (κ2) is 9.24. The van der Waals surface area contributed by atoms with Crippen LogP contribution in [0.25, 0.3) is 0 Å². The predicted octanol–water partition coefficient (Wildman–Crippen LogP) is 3.96. The Hall–Kier alpha value is -3.13. The Balaban J connectivity index is 1.99. The Morgan fingerprint density at radius 3 is 2.48 bits per heavy atom. The van der Waals surface area contributed by atoms with Gasteiger partial charge in [-0.25, -0.2) is 4.79 Å². The molecule has 0 saturated carbocycles. The van der Waals surface area contributed by atoms with Crippen molar-refractivity contribution in [2.45, 2.75) is 13.3 Å². The molecule has 0 saturated heterocycles. The van der Waals surface area contributed by atoms with Crippen LogP contribution in [0.4, 0.5) is 11.4 Å². The van der Waals surface area contributed by atoms with Crippen molar-refractivity contribution >= 4 is 23.6 Å². The van der Waals surface area contributed by atoms with E-state index in [4.69, 9.17) is 10.00 Å². The molecule has 0 amide bonds. The van der Waals surface area contributed by atoms with Gasteiger partial charge < -0.3 is 9.64 Å². The van der Waals surface area contributed by atoms with Crippen molar-refractivity contribution in [2.75, 3.05) is 25.1 Å². The molecule has 0 radical (unpaired) electrons. The number of aliphatic imine (C=N–C) groups is 1. The summed E-state index contributed by atoms with van der Waals surface area (Å²) in [4.78, 5) is 18.1. The summed E-state index contributed by atoms with van der Waals surface area (Å²) < 4.78 is 4.95. The van der Waals surface area contributed by atoms with Gasteiger partial charge in [-0.2, -0.15) is 5.26 Å². The maximum absolute atomic E-state index is 11.6. The van der Waals surface area contributed by atoms with E-state index in [1.807, 2.05) is 36.2 Å². The second-order valence-electron chi connectivity index (χ2n) is 5.45. The standard InChI is InChI=1S/C20H21N3O2/c1-3-25-20(24)17-7-9-18(10-8-17)22-15-16-5-11-19(12-6-16)23(2)14-4-13-21/h5-12,15H,3-4,14H2,1-2H3. The average molecular weight is 335 g/mol. The Morgan fingerprint density at radius 2 is 1.88 bits per heavy atom. The maximum atomic E-state index is 11.6. The molecule has 0 aliphatic carbocycles. The van der Waals surface area contributed by atoms with E-state index in [1.54, 1.807) is 37.4 Å². The van der Waals surface area contributed by atoms with E-state index in [1.165, 1.54) is 0 Å². The molecule has 0 unspecified atom stereocenters. The molecule has 0 aliphatic rings. The van der Waals surface area contributed by atoms with Gasteiger partial charge in [0.05, 0.1) is 30.3 Å². The van der Waals surface area contributed by atoms with Crippen LogP contribution in [0.3, 0.4) is 0 Å². The number of nitrogens with zero attached hydrogens (tertiary/aromatic N) is 3. The number of nitriles is 1. The van der Waals surface area contributed by atoms with Gasteiger partial charge in [0.1, 0.15) is 0 Å². The molecule has 0 bridgehead atoms. The van der Waals surface area contributed by atoms with E-state index < -0.39 is 0 Å². The highest BCUT2D eigenvalue weighted by atomic mass is 16.5. The lowest BCUT2D eigenvalue weighted by molar-refractivity contribution is 0.0526. The number of benzene rings is 2. The largest absolute Gasteiger partial charge is 0.462 e. The SMILES string of the molecule is CCOC(=O)c1ccc(N=Cc2ccc(N(C)CCC#N)cc2)cc1. The molecule has 0 spiro atoms. The third kappa shape index (κ3) is 5.47. The molecule has 5 heteroatoms. The number of esters is 1. The molecule has 2 aromatic carbocycles. The fraction of sp³-hybridized carbons (Fsp3) is 0.250. The van der Waals surface area contributed by atoms with E-state index in [9.17, 15) is 4.79 Å². The van der Waals surface area contributed by atoms with Crippen molar-refractivity contribution < 1.29 is 9.53 Å². The van der Waals surface area contributed by atoms with Gasteiger partial charge in [-0.1, -0.05) is 12.1 Å². The number of carbonyl (C=O) groups is 1. The molecular formula is C20H21N3O2. The number of anilines is 1. The molecule has 0 heterocycles. The van der Waals surface area contributed by atoms with Crippen LogP contribution in [0.5, 0.6) is 0 Å². The van der Waals surface area contributed by atoms with E-state index in [0.717, 1.165) is 16.9 Å². The second-order valence-corrected chi connectivity index (χ2v) is 5.45. The third-order valence-electron chi connectivity index (χ3n) is 3.63. The van der Waals surface area contributed by atoms with Crippen LogP contribution in [0.15, 0.2) is 53.5 Å². The van der Waals surface area contributed by atoms with Crippen LogP contribution < -0.4 is 4.90 Å².